The molecule has 3 aromatic carbocycles. The number of thioether (sulfide) groups is 1. The van der Waals surface area contributed by atoms with Crippen LogP contribution in [0.1, 0.15) is 12.5 Å². The van der Waals surface area contributed by atoms with Gasteiger partial charge in [0.1, 0.15) is 5.75 Å². The van der Waals surface area contributed by atoms with Crippen molar-refractivity contribution >= 4 is 34.3 Å². The summed E-state index contributed by atoms with van der Waals surface area (Å²) >= 11 is 1.29. The molecule has 7 heteroatoms. The smallest absolute Gasteiger partial charge is 0.262 e. The molecular formula is C26H25N3O3S. The lowest BCUT2D eigenvalue weighted by molar-refractivity contribution is -0.116. The zero-order valence-electron chi connectivity index (χ0n) is 18.6. The minimum atomic E-state index is -0.123. The highest BCUT2D eigenvalue weighted by Crippen LogP contribution is 2.22. The molecule has 0 radical (unpaired) electrons. The first-order valence-electron chi connectivity index (χ1n) is 10.7. The average molecular weight is 460 g/mol. The van der Waals surface area contributed by atoms with Gasteiger partial charge in [-0.05, 0) is 48.9 Å². The Morgan fingerprint density at radius 3 is 2.39 bits per heavy atom. The Kier molecular flexibility index (Phi) is 7.10. The summed E-state index contributed by atoms with van der Waals surface area (Å²) in [6, 6.07) is 24.5. The Balaban J connectivity index is 1.64. The molecule has 0 atom stereocenters. The zero-order chi connectivity index (χ0) is 23.2. The molecule has 4 aromatic rings. The van der Waals surface area contributed by atoms with E-state index in [9.17, 15) is 9.59 Å². The van der Waals surface area contributed by atoms with Gasteiger partial charge in [-0.15, -0.1) is 0 Å². The maximum Gasteiger partial charge on any atom is 0.262 e. The van der Waals surface area contributed by atoms with Gasteiger partial charge in [0.25, 0.3) is 5.56 Å². The number of hydrogen-bond acceptors (Lipinski definition) is 5. The van der Waals surface area contributed by atoms with Gasteiger partial charge >= 0.3 is 0 Å². The Morgan fingerprint density at radius 1 is 1.00 bits per heavy atom. The van der Waals surface area contributed by atoms with Crippen molar-refractivity contribution in [3.8, 4) is 5.75 Å². The zero-order valence-corrected chi connectivity index (χ0v) is 19.4. The first kappa shape index (κ1) is 22.6. The SMILES string of the molecule is CCN(C(=O)CSc1nc2ccccc2c(=O)n1Cc1ccc(OC)cc1)c1ccccc1. The molecule has 0 aliphatic rings. The molecule has 4 rings (SSSR count). The molecule has 0 aliphatic carbocycles. The first-order valence-corrected chi connectivity index (χ1v) is 11.7. The summed E-state index contributed by atoms with van der Waals surface area (Å²) in [6.45, 7) is 2.87. The van der Waals surface area contributed by atoms with E-state index < -0.39 is 0 Å². The molecule has 1 heterocycles. The van der Waals surface area contributed by atoms with Crippen LogP contribution in [0.5, 0.6) is 5.75 Å². The number of amides is 1. The monoisotopic (exact) mass is 459 g/mol. The molecule has 0 spiro atoms. The van der Waals surface area contributed by atoms with E-state index >= 15 is 0 Å². The Hall–Kier alpha value is -3.58. The third-order valence-corrected chi connectivity index (χ3v) is 6.30. The van der Waals surface area contributed by atoms with E-state index in [0.717, 1.165) is 17.0 Å². The molecular weight excluding hydrogens is 434 g/mol. The van der Waals surface area contributed by atoms with Gasteiger partial charge in [-0.2, -0.15) is 0 Å². The summed E-state index contributed by atoms with van der Waals surface area (Å²) in [7, 11) is 1.62. The molecule has 1 aromatic heterocycles. The lowest BCUT2D eigenvalue weighted by Crippen LogP contribution is -2.32. The third-order valence-electron chi connectivity index (χ3n) is 5.34. The van der Waals surface area contributed by atoms with Gasteiger partial charge in [0, 0.05) is 12.2 Å². The van der Waals surface area contributed by atoms with Crippen LogP contribution in [0, 0.1) is 0 Å². The van der Waals surface area contributed by atoms with Gasteiger partial charge in [-0.3, -0.25) is 14.2 Å². The Bertz CT molecular complexity index is 1300. The molecule has 1 amide bonds. The van der Waals surface area contributed by atoms with Crippen molar-refractivity contribution in [2.45, 2.75) is 18.6 Å². The minimum absolute atomic E-state index is 0.0351. The fourth-order valence-electron chi connectivity index (χ4n) is 3.63. The Labute approximate surface area is 196 Å². The largest absolute Gasteiger partial charge is 0.497 e. The third kappa shape index (κ3) is 5.09. The molecule has 0 saturated carbocycles. The van der Waals surface area contributed by atoms with Crippen LogP contribution in [0.3, 0.4) is 0 Å². The second-order valence-corrected chi connectivity index (χ2v) is 8.36. The quantitative estimate of drug-likeness (QED) is 0.285. The van der Waals surface area contributed by atoms with E-state index in [1.807, 2.05) is 79.7 Å². The maximum atomic E-state index is 13.3. The highest BCUT2D eigenvalue weighted by atomic mass is 32.2. The van der Waals surface area contributed by atoms with E-state index in [4.69, 9.17) is 9.72 Å². The van der Waals surface area contributed by atoms with E-state index in [-0.39, 0.29) is 17.2 Å². The molecule has 0 N–H and O–H groups in total. The molecule has 0 fully saturated rings. The number of ether oxygens (including phenoxy) is 1. The number of benzene rings is 3. The lowest BCUT2D eigenvalue weighted by atomic mass is 10.2. The number of nitrogens with zero attached hydrogens (tertiary/aromatic N) is 3. The topological polar surface area (TPSA) is 64.4 Å². The number of aromatic nitrogens is 2. The maximum absolute atomic E-state index is 13.3. The number of fused-ring (bicyclic) bond motifs is 1. The number of anilines is 1. The average Bonchev–Trinajstić information content (AvgIpc) is 2.86. The van der Waals surface area contributed by atoms with E-state index in [0.29, 0.717) is 29.1 Å². The predicted octanol–water partition coefficient (Wildman–Crippen LogP) is 4.60. The summed E-state index contributed by atoms with van der Waals surface area (Å²) in [6.07, 6.45) is 0. The van der Waals surface area contributed by atoms with Crippen LogP contribution in [0.2, 0.25) is 0 Å². The van der Waals surface area contributed by atoms with Gasteiger partial charge < -0.3 is 9.64 Å². The van der Waals surface area contributed by atoms with Gasteiger partial charge in [0.15, 0.2) is 5.16 Å². The van der Waals surface area contributed by atoms with Crippen molar-refractivity contribution in [2.24, 2.45) is 0 Å². The van der Waals surface area contributed by atoms with E-state index in [1.165, 1.54) is 11.8 Å². The van der Waals surface area contributed by atoms with E-state index in [1.54, 1.807) is 22.6 Å². The minimum Gasteiger partial charge on any atom is -0.497 e. The summed E-state index contributed by atoms with van der Waals surface area (Å²) in [4.78, 5) is 32.8. The van der Waals surface area contributed by atoms with Crippen LogP contribution < -0.4 is 15.2 Å². The fraction of sp³-hybridized carbons (Fsp3) is 0.192. The summed E-state index contributed by atoms with van der Waals surface area (Å²) in [5.41, 5.74) is 2.30. The van der Waals surface area contributed by atoms with Crippen LogP contribution in [0.15, 0.2) is 88.8 Å². The molecule has 0 unspecified atom stereocenters. The van der Waals surface area contributed by atoms with Crippen LogP contribution in [-0.4, -0.2) is 34.9 Å². The van der Waals surface area contributed by atoms with Crippen molar-refractivity contribution in [1.82, 2.24) is 9.55 Å². The summed E-state index contributed by atoms with van der Waals surface area (Å²) < 4.78 is 6.87. The van der Waals surface area contributed by atoms with Crippen molar-refractivity contribution in [2.75, 3.05) is 24.3 Å². The van der Waals surface area contributed by atoms with Crippen LogP contribution >= 0.6 is 11.8 Å². The molecule has 33 heavy (non-hydrogen) atoms. The van der Waals surface area contributed by atoms with Gasteiger partial charge in [-0.25, -0.2) is 4.98 Å². The second-order valence-electron chi connectivity index (χ2n) is 7.41. The normalized spacial score (nSPS) is 10.8. The second kappa shape index (κ2) is 10.4. The molecule has 0 bridgehead atoms. The molecule has 0 saturated heterocycles. The number of rotatable bonds is 8. The van der Waals surface area contributed by atoms with Crippen molar-refractivity contribution in [3.63, 3.8) is 0 Å². The number of methoxy groups -OCH3 is 1. The van der Waals surface area contributed by atoms with Gasteiger partial charge in [0.05, 0.1) is 30.3 Å². The highest BCUT2D eigenvalue weighted by molar-refractivity contribution is 7.99. The van der Waals surface area contributed by atoms with E-state index in [2.05, 4.69) is 0 Å². The number of para-hydroxylation sites is 2. The Morgan fingerprint density at radius 2 is 1.70 bits per heavy atom. The van der Waals surface area contributed by atoms with Crippen LogP contribution in [0.4, 0.5) is 5.69 Å². The standard InChI is InChI=1S/C26H25N3O3S/c1-3-28(20-9-5-4-6-10-20)24(30)18-33-26-27-23-12-8-7-11-22(23)25(31)29(26)17-19-13-15-21(32-2)16-14-19/h4-16H,3,17-18H2,1-2H3. The molecule has 6 nitrogen and oxygen atoms in total. The van der Waals surface area contributed by atoms with Gasteiger partial charge in [-0.1, -0.05) is 54.2 Å². The predicted molar refractivity (Wildman–Crippen MR) is 133 cm³/mol. The van der Waals surface area contributed by atoms with Crippen LogP contribution in [0.25, 0.3) is 10.9 Å². The molecule has 168 valence electrons. The summed E-state index contributed by atoms with van der Waals surface area (Å²) in [5, 5.41) is 1.08. The first-order chi connectivity index (χ1) is 16.1. The van der Waals surface area contributed by atoms with Crippen LogP contribution in [-0.2, 0) is 11.3 Å². The number of carbonyl (C=O) groups is 1. The van der Waals surface area contributed by atoms with Crippen molar-refractivity contribution in [3.05, 3.63) is 94.8 Å². The van der Waals surface area contributed by atoms with Crippen molar-refractivity contribution < 1.29 is 9.53 Å². The number of hydrogen-bond donors (Lipinski definition) is 0. The molecule has 0 aliphatic heterocycles. The lowest BCUT2D eigenvalue weighted by Gasteiger charge is -2.21. The van der Waals surface area contributed by atoms with Crippen molar-refractivity contribution in [1.29, 1.82) is 0 Å². The number of carbonyl (C=O) groups excluding carboxylic acids is 1. The van der Waals surface area contributed by atoms with Gasteiger partial charge in [0.2, 0.25) is 5.91 Å². The fourth-order valence-corrected chi connectivity index (χ4v) is 4.50. The summed E-state index contributed by atoms with van der Waals surface area (Å²) in [5.74, 6) is 0.895. The highest BCUT2D eigenvalue weighted by Gasteiger charge is 2.17.